The predicted molar refractivity (Wildman–Crippen MR) is 175 cm³/mol. The van der Waals surface area contributed by atoms with Crippen LogP contribution in [0.3, 0.4) is 0 Å². The number of nitrogens with zero attached hydrogens (tertiary/aromatic N) is 2. The Labute approximate surface area is 290 Å². The quantitative estimate of drug-likeness (QED) is 0.173. The summed E-state index contributed by atoms with van der Waals surface area (Å²) in [6.07, 6.45) is -10.8. The second-order valence-corrected chi connectivity index (χ2v) is 13.4. The average molecular weight is 732 g/mol. The molecule has 280 valence electrons. The summed E-state index contributed by atoms with van der Waals surface area (Å²) in [5, 5.41) is 11.8. The summed E-state index contributed by atoms with van der Waals surface area (Å²) in [4.78, 5) is 40.8. The summed E-state index contributed by atoms with van der Waals surface area (Å²) >= 11 is 0. The van der Waals surface area contributed by atoms with Crippen molar-refractivity contribution in [1.82, 2.24) is 14.8 Å². The van der Waals surface area contributed by atoms with Crippen LogP contribution >= 0.6 is 0 Å². The Bertz CT molecular complexity index is 1830. The number of aromatic nitrogens is 1. The molecule has 2 atom stereocenters. The number of rotatable bonds is 13. The number of benzene rings is 2. The van der Waals surface area contributed by atoms with E-state index in [-0.39, 0.29) is 30.4 Å². The number of carbonyl (C=O) groups is 2. The maximum absolute atomic E-state index is 16.5. The van der Waals surface area contributed by atoms with Gasteiger partial charge in [0.1, 0.15) is 17.7 Å². The summed E-state index contributed by atoms with van der Waals surface area (Å²) in [6.45, 7) is 8.28. The molecule has 1 heterocycles. The first-order valence-corrected chi connectivity index (χ1v) is 16.1. The molecule has 0 aliphatic carbocycles. The van der Waals surface area contributed by atoms with Crippen molar-refractivity contribution in [3.05, 3.63) is 91.4 Å². The van der Waals surface area contributed by atoms with Gasteiger partial charge in [0.25, 0.3) is 5.56 Å². The van der Waals surface area contributed by atoms with Gasteiger partial charge in [-0.2, -0.15) is 26.3 Å². The number of aliphatic carboxylic acids is 1. The molecule has 3 aromatic rings. The van der Waals surface area contributed by atoms with E-state index in [0.717, 1.165) is 10.8 Å². The van der Waals surface area contributed by atoms with Gasteiger partial charge in [0, 0.05) is 23.4 Å². The molecule has 0 fully saturated rings. The first-order valence-electron chi connectivity index (χ1n) is 16.1. The van der Waals surface area contributed by atoms with Crippen LogP contribution in [-0.4, -0.2) is 47.1 Å². The van der Waals surface area contributed by atoms with E-state index in [0.29, 0.717) is 35.4 Å². The van der Waals surface area contributed by atoms with E-state index in [2.05, 4.69) is 5.32 Å². The third-order valence-electron chi connectivity index (χ3n) is 8.65. The van der Waals surface area contributed by atoms with Crippen molar-refractivity contribution in [3.63, 3.8) is 0 Å². The Hall–Kier alpha value is -4.27. The van der Waals surface area contributed by atoms with Crippen LogP contribution < -0.4 is 10.9 Å². The highest BCUT2D eigenvalue weighted by Gasteiger charge is 2.41. The molecule has 1 aromatic heterocycles. The number of alkyl halides is 6. The van der Waals surface area contributed by atoms with Gasteiger partial charge in [-0.05, 0) is 100 Å². The first kappa shape index (κ1) is 41.2. The number of halogens is 8. The van der Waals surface area contributed by atoms with E-state index in [1.807, 2.05) is 0 Å². The molecule has 51 heavy (non-hydrogen) atoms. The Morgan fingerprint density at radius 3 is 2.04 bits per heavy atom. The number of hydrogen-bond donors (Lipinski definition) is 2. The number of aryl methyl sites for hydroxylation is 3. The van der Waals surface area contributed by atoms with Crippen molar-refractivity contribution in [3.8, 4) is 11.1 Å². The minimum Gasteiger partial charge on any atom is -0.481 e. The van der Waals surface area contributed by atoms with Gasteiger partial charge in [0.15, 0.2) is 0 Å². The molecule has 0 radical (unpaired) electrons. The van der Waals surface area contributed by atoms with Crippen molar-refractivity contribution < 1.29 is 49.8 Å². The van der Waals surface area contributed by atoms with Crippen molar-refractivity contribution >= 4 is 11.9 Å². The molecule has 0 saturated carbocycles. The lowest BCUT2D eigenvalue weighted by atomic mass is 9.87. The van der Waals surface area contributed by atoms with E-state index in [4.69, 9.17) is 0 Å². The number of hydrogen-bond acceptors (Lipinski definition) is 4. The minimum absolute atomic E-state index is 0.00967. The van der Waals surface area contributed by atoms with Gasteiger partial charge in [-0.1, -0.05) is 26.0 Å². The van der Waals surface area contributed by atoms with Gasteiger partial charge < -0.3 is 19.9 Å². The lowest BCUT2D eigenvalue weighted by molar-refractivity contribution is -0.140. The zero-order valence-electron chi connectivity index (χ0n) is 29.2. The maximum atomic E-state index is 16.5. The Balaban J connectivity index is 2.28. The number of carbonyl (C=O) groups excluding carboxylic acids is 1. The van der Waals surface area contributed by atoms with Gasteiger partial charge >= 0.3 is 18.3 Å². The van der Waals surface area contributed by atoms with Crippen LogP contribution in [0.15, 0.2) is 35.3 Å². The molecular weight excluding hydrogens is 690 g/mol. The maximum Gasteiger partial charge on any atom is 0.419 e. The molecule has 3 rings (SSSR count). The number of carboxylic acids is 1. The van der Waals surface area contributed by atoms with Gasteiger partial charge in [-0.25, -0.2) is 8.78 Å². The topological polar surface area (TPSA) is 91.6 Å². The monoisotopic (exact) mass is 731 g/mol. The second-order valence-electron chi connectivity index (χ2n) is 13.4. The van der Waals surface area contributed by atoms with Crippen LogP contribution in [0.25, 0.3) is 11.1 Å². The molecule has 0 bridgehead atoms. The smallest absolute Gasteiger partial charge is 0.419 e. The van der Waals surface area contributed by atoms with Gasteiger partial charge in [-0.15, -0.1) is 0 Å². The Morgan fingerprint density at radius 1 is 0.922 bits per heavy atom. The molecule has 0 saturated heterocycles. The van der Waals surface area contributed by atoms with E-state index >= 15 is 8.78 Å². The third-order valence-corrected chi connectivity index (χ3v) is 8.65. The largest absolute Gasteiger partial charge is 0.481 e. The molecule has 2 aromatic carbocycles. The molecule has 0 aliphatic heterocycles. The van der Waals surface area contributed by atoms with Gasteiger partial charge in [0.2, 0.25) is 5.91 Å². The Morgan fingerprint density at radius 2 is 1.51 bits per heavy atom. The number of amides is 1. The summed E-state index contributed by atoms with van der Waals surface area (Å²) in [5.41, 5.74) is -5.42. The molecule has 0 spiro atoms. The van der Waals surface area contributed by atoms with E-state index in [1.54, 1.807) is 45.8 Å². The third kappa shape index (κ3) is 9.75. The highest BCUT2D eigenvalue weighted by Crippen LogP contribution is 2.42. The van der Waals surface area contributed by atoms with E-state index < -0.39 is 88.1 Å². The predicted octanol–water partition coefficient (Wildman–Crippen LogP) is 8.17. The summed E-state index contributed by atoms with van der Waals surface area (Å²) in [7, 11) is 3.43. The normalized spacial score (nSPS) is 13.5. The van der Waals surface area contributed by atoms with Crippen LogP contribution in [0.2, 0.25) is 0 Å². The van der Waals surface area contributed by atoms with Crippen molar-refractivity contribution in [2.45, 2.75) is 84.7 Å². The second kappa shape index (κ2) is 16.0. The molecular formula is C36H41F8N3O4. The van der Waals surface area contributed by atoms with Crippen molar-refractivity contribution in [2.75, 3.05) is 20.6 Å². The van der Waals surface area contributed by atoms with Crippen LogP contribution in [0, 0.1) is 38.3 Å². The van der Waals surface area contributed by atoms with Crippen molar-refractivity contribution in [1.29, 1.82) is 0 Å². The fourth-order valence-electron chi connectivity index (χ4n) is 6.06. The van der Waals surface area contributed by atoms with Crippen LogP contribution in [0.4, 0.5) is 35.1 Å². The fraction of sp³-hybridized carbons (Fsp3) is 0.472. The molecule has 1 amide bonds. The van der Waals surface area contributed by atoms with E-state index in [1.165, 1.54) is 19.9 Å². The highest BCUT2D eigenvalue weighted by molar-refractivity contribution is 5.82. The molecule has 0 aliphatic rings. The molecule has 7 nitrogen and oxygen atoms in total. The van der Waals surface area contributed by atoms with Crippen molar-refractivity contribution in [2.24, 2.45) is 5.92 Å². The van der Waals surface area contributed by atoms with Crippen LogP contribution in [-0.2, 0) is 28.4 Å². The Kier molecular flexibility index (Phi) is 12.9. The zero-order chi connectivity index (χ0) is 38.7. The summed E-state index contributed by atoms with van der Waals surface area (Å²) < 4.78 is 118. The van der Waals surface area contributed by atoms with E-state index in [9.17, 15) is 45.8 Å². The summed E-state index contributed by atoms with van der Waals surface area (Å²) in [6, 6.07) is -0.0611. The van der Waals surface area contributed by atoms with Crippen LogP contribution in [0.1, 0.15) is 84.1 Å². The molecule has 1 unspecified atom stereocenters. The van der Waals surface area contributed by atoms with Gasteiger partial charge in [-0.3, -0.25) is 14.4 Å². The fourth-order valence-corrected chi connectivity index (χ4v) is 6.06. The lowest BCUT2D eigenvalue weighted by Gasteiger charge is -2.27. The first-order chi connectivity index (χ1) is 23.4. The minimum atomic E-state index is -5.37. The average Bonchev–Trinajstić information content (AvgIpc) is 2.98. The SMILES string of the molecule is Cc1ccc(C)c(-c2cc(C(F)(F)F)c(F)c([C@H](CC(=O)O)NC(=O)C(CC(C)C)n3cc(CCCN(C)C)c(C(F)(F)F)cc3=O)c2F)c1C. The standard InChI is InChI=1S/C36H41F8N3O4/c1-18(2)13-27(47-17-22(9-8-12-46(6)7)24(15-28(47)48)35(39,40)41)34(51)45-26(16-29(49)50)31-32(37)23(14-25(33(31)38)36(42,43)44)30-20(4)11-10-19(3)21(30)5/h10-11,14-15,17-18,26-27H,8-9,12-13,16H2,1-7H3,(H,45,51)(H,49,50)/t26-,27?/m0/s1. The van der Waals surface area contributed by atoms with Gasteiger partial charge in [0.05, 0.1) is 23.6 Å². The lowest BCUT2D eigenvalue weighted by Crippen LogP contribution is -2.41. The highest BCUT2D eigenvalue weighted by atomic mass is 19.4. The summed E-state index contributed by atoms with van der Waals surface area (Å²) in [5.74, 6) is -7.08. The number of nitrogens with one attached hydrogen (secondary N) is 1. The number of pyridine rings is 1. The molecule has 2 N–H and O–H groups in total. The molecule has 15 heteroatoms. The number of carboxylic acid groups (broad SMARTS) is 1. The van der Waals surface area contributed by atoms with Crippen LogP contribution in [0.5, 0.6) is 0 Å². The zero-order valence-corrected chi connectivity index (χ0v) is 29.2.